The van der Waals surface area contributed by atoms with Gasteiger partial charge < -0.3 is 23.8 Å². The summed E-state index contributed by atoms with van der Waals surface area (Å²) in [7, 11) is 1.64. The molecule has 0 unspecified atom stereocenters. The SMILES string of the molecule is COc1cc(-n2[c-]ncc2)nc(C(C)(C)c2cc(C)cc(-n3[c-]ncc3)n2)c1.[Pt+2]. The van der Waals surface area contributed by atoms with E-state index in [1.54, 1.807) is 34.8 Å². The fourth-order valence-corrected chi connectivity index (χ4v) is 2.99. The zero-order valence-electron chi connectivity index (χ0n) is 16.5. The van der Waals surface area contributed by atoms with Crippen molar-refractivity contribution in [3.05, 3.63) is 78.7 Å². The van der Waals surface area contributed by atoms with Crippen molar-refractivity contribution >= 4 is 0 Å². The molecule has 4 rings (SSSR count). The Morgan fingerprint density at radius 3 is 1.93 bits per heavy atom. The van der Waals surface area contributed by atoms with Crippen molar-refractivity contribution in [2.45, 2.75) is 26.2 Å². The fraction of sp³-hybridized carbons (Fsp3) is 0.238. The average molecular weight is 568 g/mol. The van der Waals surface area contributed by atoms with Gasteiger partial charge in [0.1, 0.15) is 5.75 Å². The van der Waals surface area contributed by atoms with Gasteiger partial charge in [-0.1, -0.05) is 36.4 Å². The minimum atomic E-state index is -0.467. The summed E-state index contributed by atoms with van der Waals surface area (Å²) in [5.74, 6) is 2.17. The van der Waals surface area contributed by atoms with Gasteiger partial charge in [-0.15, -0.1) is 0 Å². The monoisotopic (exact) mass is 567 g/mol. The van der Waals surface area contributed by atoms with Gasteiger partial charge in [-0.3, -0.25) is 9.97 Å². The van der Waals surface area contributed by atoms with E-state index in [1.165, 1.54) is 0 Å². The van der Waals surface area contributed by atoms with Crippen LogP contribution in [-0.2, 0) is 26.5 Å². The van der Waals surface area contributed by atoms with Gasteiger partial charge in [0.2, 0.25) is 0 Å². The van der Waals surface area contributed by atoms with E-state index in [4.69, 9.17) is 14.7 Å². The van der Waals surface area contributed by atoms with Crippen LogP contribution in [0.2, 0.25) is 0 Å². The second-order valence-corrected chi connectivity index (χ2v) is 7.06. The Labute approximate surface area is 184 Å². The maximum absolute atomic E-state index is 5.51. The number of pyridine rings is 2. The van der Waals surface area contributed by atoms with Gasteiger partial charge in [0.25, 0.3) is 0 Å². The Morgan fingerprint density at radius 1 is 0.862 bits per heavy atom. The average Bonchev–Trinajstić information content (AvgIpc) is 3.41. The molecule has 0 aliphatic heterocycles. The Morgan fingerprint density at radius 2 is 1.41 bits per heavy atom. The standard InChI is InChI=1S/C21H20N6O.Pt/c1-15-9-17(24-19(10-15)26-7-5-22-13-26)21(2,3)18-11-16(28-4)12-20(25-18)27-8-6-23-14-27;/h5-12H,1-4H3;/q-2;+2. The van der Waals surface area contributed by atoms with Gasteiger partial charge in [0.15, 0.2) is 0 Å². The van der Waals surface area contributed by atoms with Crippen LogP contribution in [0, 0.1) is 19.6 Å². The fourth-order valence-electron chi connectivity index (χ4n) is 2.99. The molecule has 0 N–H and O–H groups in total. The zero-order chi connectivity index (χ0) is 19.7. The van der Waals surface area contributed by atoms with Crippen molar-refractivity contribution < 1.29 is 25.8 Å². The first-order chi connectivity index (χ1) is 13.5. The van der Waals surface area contributed by atoms with Crippen molar-refractivity contribution in [3.63, 3.8) is 0 Å². The smallest absolute Gasteiger partial charge is 0.497 e. The Balaban J connectivity index is 0.00000240. The first kappa shape index (κ1) is 20.9. The molecule has 8 heteroatoms. The molecular formula is C21H20N6OPt. The summed E-state index contributed by atoms with van der Waals surface area (Å²) in [6, 6.07) is 7.87. The zero-order valence-corrected chi connectivity index (χ0v) is 18.8. The van der Waals surface area contributed by atoms with E-state index < -0.39 is 5.41 Å². The van der Waals surface area contributed by atoms with E-state index in [-0.39, 0.29) is 21.1 Å². The number of nitrogens with zero attached hydrogens (tertiary/aromatic N) is 6. The molecule has 4 aromatic rings. The number of ether oxygens (including phenoxy) is 1. The summed E-state index contributed by atoms with van der Waals surface area (Å²) in [5.41, 5.74) is 2.36. The molecule has 7 nitrogen and oxygen atoms in total. The van der Waals surface area contributed by atoms with Crippen LogP contribution in [0.5, 0.6) is 5.75 Å². The summed E-state index contributed by atoms with van der Waals surface area (Å²) in [5, 5.41) is 0. The van der Waals surface area contributed by atoms with E-state index in [0.717, 1.165) is 22.8 Å². The van der Waals surface area contributed by atoms with Crippen LogP contribution in [0.3, 0.4) is 0 Å². The molecule has 4 aromatic heterocycles. The van der Waals surface area contributed by atoms with E-state index in [9.17, 15) is 0 Å². The normalized spacial score (nSPS) is 11.2. The predicted molar refractivity (Wildman–Crippen MR) is 104 cm³/mol. The van der Waals surface area contributed by atoms with Gasteiger partial charge in [-0.05, 0) is 32.9 Å². The second kappa shape index (κ2) is 8.29. The summed E-state index contributed by atoms with van der Waals surface area (Å²) < 4.78 is 9.01. The molecule has 0 radical (unpaired) electrons. The second-order valence-electron chi connectivity index (χ2n) is 7.06. The molecule has 0 aliphatic rings. The van der Waals surface area contributed by atoms with Crippen LogP contribution in [0.1, 0.15) is 30.8 Å². The van der Waals surface area contributed by atoms with Crippen LogP contribution in [0.4, 0.5) is 0 Å². The molecule has 0 atom stereocenters. The number of methoxy groups -OCH3 is 1. The molecule has 0 aliphatic carbocycles. The van der Waals surface area contributed by atoms with Gasteiger partial charge in [0.05, 0.1) is 18.7 Å². The van der Waals surface area contributed by atoms with Crippen molar-refractivity contribution in [1.29, 1.82) is 0 Å². The first-order valence-electron chi connectivity index (χ1n) is 8.86. The van der Waals surface area contributed by atoms with Crippen molar-refractivity contribution in [1.82, 2.24) is 29.1 Å². The number of rotatable bonds is 5. The number of hydrogen-bond acceptors (Lipinski definition) is 5. The van der Waals surface area contributed by atoms with Crippen molar-refractivity contribution in [2.24, 2.45) is 0 Å². The van der Waals surface area contributed by atoms with Crippen LogP contribution < -0.4 is 4.74 Å². The quantitative estimate of drug-likeness (QED) is 0.347. The summed E-state index contributed by atoms with van der Waals surface area (Å²) in [4.78, 5) is 17.7. The molecule has 0 saturated carbocycles. The Kier molecular flexibility index (Phi) is 5.98. The molecule has 0 amide bonds. The van der Waals surface area contributed by atoms with E-state index >= 15 is 0 Å². The third-order valence-electron chi connectivity index (χ3n) is 4.66. The number of aromatic nitrogens is 6. The van der Waals surface area contributed by atoms with E-state index in [0.29, 0.717) is 11.6 Å². The van der Waals surface area contributed by atoms with Crippen LogP contribution in [0.25, 0.3) is 11.6 Å². The van der Waals surface area contributed by atoms with E-state index in [1.807, 2.05) is 31.3 Å². The third kappa shape index (κ3) is 4.15. The maximum atomic E-state index is 5.51. The molecule has 0 spiro atoms. The largest absolute Gasteiger partial charge is 2.00 e. The molecular weight excluding hydrogens is 547 g/mol. The topological polar surface area (TPSA) is 70.7 Å². The predicted octanol–water partition coefficient (Wildman–Crippen LogP) is 3.09. The van der Waals surface area contributed by atoms with Gasteiger partial charge in [0, 0.05) is 35.5 Å². The van der Waals surface area contributed by atoms with Crippen LogP contribution in [-0.4, -0.2) is 36.2 Å². The molecule has 0 aromatic carbocycles. The molecule has 0 saturated heterocycles. The molecule has 4 heterocycles. The Hall–Kier alpha value is -2.79. The summed E-state index contributed by atoms with van der Waals surface area (Å²) in [6.45, 7) is 6.24. The molecule has 150 valence electrons. The summed E-state index contributed by atoms with van der Waals surface area (Å²) in [6.07, 6.45) is 12.8. The van der Waals surface area contributed by atoms with E-state index in [2.05, 4.69) is 42.5 Å². The first-order valence-corrected chi connectivity index (χ1v) is 8.86. The maximum Gasteiger partial charge on any atom is 2.00 e. The number of imidazole rings is 2. The van der Waals surface area contributed by atoms with Gasteiger partial charge >= 0.3 is 21.1 Å². The number of hydrogen-bond donors (Lipinski definition) is 0. The molecule has 29 heavy (non-hydrogen) atoms. The van der Waals surface area contributed by atoms with Gasteiger partial charge in [-0.2, -0.15) is 0 Å². The van der Waals surface area contributed by atoms with Crippen LogP contribution in [0.15, 0.2) is 49.1 Å². The molecule has 0 bridgehead atoms. The van der Waals surface area contributed by atoms with Crippen LogP contribution >= 0.6 is 0 Å². The number of aryl methyl sites for hydroxylation is 1. The molecule has 0 fully saturated rings. The van der Waals surface area contributed by atoms with Gasteiger partial charge in [-0.25, -0.2) is 0 Å². The summed E-state index contributed by atoms with van der Waals surface area (Å²) >= 11 is 0. The van der Waals surface area contributed by atoms with Crippen molar-refractivity contribution in [3.8, 4) is 17.4 Å². The Bertz CT molecular complexity index is 1090. The third-order valence-corrected chi connectivity index (χ3v) is 4.66. The minimum absolute atomic E-state index is 0. The minimum Gasteiger partial charge on any atom is -0.497 e. The van der Waals surface area contributed by atoms with Crippen molar-refractivity contribution in [2.75, 3.05) is 7.11 Å².